The van der Waals surface area contributed by atoms with E-state index in [0.29, 0.717) is 0 Å². The number of rotatable bonds is 1. The van der Waals surface area contributed by atoms with Crippen LogP contribution in [0.3, 0.4) is 0 Å². The van der Waals surface area contributed by atoms with E-state index >= 15 is 0 Å². The van der Waals surface area contributed by atoms with Crippen molar-refractivity contribution in [3.8, 4) is 0 Å². The number of benzene rings is 2. The maximum atomic E-state index is 12.6. The Labute approximate surface area is 125 Å². The van der Waals surface area contributed by atoms with E-state index in [9.17, 15) is 4.79 Å². The summed E-state index contributed by atoms with van der Waals surface area (Å²) in [5, 5.41) is 3.55. The molecule has 1 saturated heterocycles. The zero-order chi connectivity index (χ0) is 13.7. The number of nitrogens with zero attached hydrogens (tertiary/aromatic N) is 1. The summed E-state index contributed by atoms with van der Waals surface area (Å²) in [6.07, 6.45) is 0. The van der Waals surface area contributed by atoms with Gasteiger partial charge in [-0.05, 0) is 23.8 Å². The van der Waals surface area contributed by atoms with E-state index in [1.807, 2.05) is 41.3 Å². The molecule has 4 rings (SSSR count). The van der Waals surface area contributed by atoms with Crippen molar-refractivity contribution >= 4 is 21.8 Å². The van der Waals surface area contributed by atoms with Crippen molar-refractivity contribution in [2.24, 2.45) is 0 Å². The highest BCUT2D eigenvalue weighted by Crippen LogP contribution is 2.44. The Kier molecular flexibility index (Phi) is 2.53. The van der Waals surface area contributed by atoms with Crippen molar-refractivity contribution in [2.45, 2.75) is 5.66 Å². The van der Waals surface area contributed by atoms with Gasteiger partial charge in [0, 0.05) is 28.7 Å². The summed E-state index contributed by atoms with van der Waals surface area (Å²) in [7, 11) is 0. The number of hydrogen-bond acceptors (Lipinski definition) is 2. The summed E-state index contributed by atoms with van der Waals surface area (Å²) in [6.45, 7) is 1.55. The van der Waals surface area contributed by atoms with Crippen molar-refractivity contribution in [2.75, 3.05) is 13.1 Å². The van der Waals surface area contributed by atoms with Gasteiger partial charge in [0.25, 0.3) is 5.91 Å². The minimum Gasteiger partial charge on any atom is -0.311 e. The number of hydrogen-bond donors (Lipinski definition) is 1. The molecule has 2 aromatic carbocycles. The van der Waals surface area contributed by atoms with Crippen LogP contribution >= 0.6 is 15.9 Å². The van der Waals surface area contributed by atoms with Crippen molar-refractivity contribution in [1.82, 2.24) is 10.2 Å². The first kappa shape index (κ1) is 12.1. The summed E-state index contributed by atoms with van der Waals surface area (Å²) in [5.41, 5.74) is 2.46. The van der Waals surface area contributed by atoms with Gasteiger partial charge in [-0.2, -0.15) is 0 Å². The number of amides is 1. The third kappa shape index (κ3) is 1.41. The summed E-state index contributed by atoms with van der Waals surface area (Å²) in [4.78, 5) is 14.6. The highest BCUT2D eigenvalue weighted by atomic mass is 79.9. The minimum absolute atomic E-state index is 0.116. The predicted octanol–water partition coefficient (Wildman–Crippen LogP) is 2.71. The Morgan fingerprint density at radius 3 is 2.85 bits per heavy atom. The predicted molar refractivity (Wildman–Crippen MR) is 80.4 cm³/mol. The molecule has 2 aliphatic heterocycles. The topological polar surface area (TPSA) is 32.3 Å². The Balaban J connectivity index is 2.01. The Bertz CT molecular complexity index is 715. The molecular formula is C16H13BrN2O. The number of carbonyl (C=O) groups excluding carboxylic acids is 1. The molecule has 1 amide bonds. The van der Waals surface area contributed by atoms with E-state index in [2.05, 4.69) is 33.4 Å². The molecule has 20 heavy (non-hydrogen) atoms. The molecule has 0 bridgehead atoms. The molecule has 2 aromatic rings. The number of nitrogens with one attached hydrogen (secondary N) is 1. The standard InChI is InChI=1S/C16H13BrN2O/c17-12-5-3-4-11(10-12)16-14-7-2-1-6-13(14)15(20)19(16)9-8-18-16/h1-7,10,18H,8-9H2. The van der Waals surface area contributed by atoms with E-state index in [4.69, 9.17) is 0 Å². The molecule has 1 N–H and O–H groups in total. The second-order valence-electron chi connectivity index (χ2n) is 5.15. The van der Waals surface area contributed by atoms with Crippen LogP contribution in [-0.4, -0.2) is 23.9 Å². The van der Waals surface area contributed by atoms with Crippen LogP contribution in [0.25, 0.3) is 0 Å². The molecule has 0 aromatic heterocycles. The third-order valence-electron chi connectivity index (χ3n) is 4.16. The Morgan fingerprint density at radius 2 is 2.00 bits per heavy atom. The SMILES string of the molecule is O=C1c2ccccc2C2(c3cccc(Br)c3)NCCN12. The second-order valence-corrected chi connectivity index (χ2v) is 6.07. The molecule has 1 fully saturated rings. The molecule has 0 aliphatic carbocycles. The smallest absolute Gasteiger partial charge is 0.256 e. The number of halogens is 1. The van der Waals surface area contributed by atoms with E-state index in [1.54, 1.807) is 0 Å². The summed E-state index contributed by atoms with van der Waals surface area (Å²) in [6, 6.07) is 16.1. The van der Waals surface area contributed by atoms with Crippen LogP contribution < -0.4 is 5.32 Å². The van der Waals surface area contributed by atoms with Gasteiger partial charge in [-0.3, -0.25) is 10.1 Å². The van der Waals surface area contributed by atoms with Crippen LogP contribution in [0.4, 0.5) is 0 Å². The Hall–Kier alpha value is -1.65. The summed E-state index contributed by atoms with van der Waals surface area (Å²) in [5.74, 6) is 0.116. The van der Waals surface area contributed by atoms with Crippen LogP contribution in [-0.2, 0) is 5.66 Å². The fourth-order valence-electron chi connectivity index (χ4n) is 3.36. The third-order valence-corrected chi connectivity index (χ3v) is 4.65. The van der Waals surface area contributed by atoms with Gasteiger partial charge in [0.05, 0.1) is 0 Å². The van der Waals surface area contributed by atoms with Gasteiger partial charge < -0.3 is 4.90 Å². The van der Waals surface area contributed by atoms with Crippen LogP contribution in [0, 0.1) is 0 Å². The van der Waals surface area contributed by atoms with Gasteiger partial charge in [0.1, 0.15) is 5.66 Å². The first-order valence-electron chi connectivity index (χ1n) is 6.66. The van der Waals surface area contributed by atoms with Gasteiger partial charge in [-0.1, -0.05) is 46.3 Å². The summed E-state index contributed by atoms with van der Waals surface area (Å²) >= 11 is 3.53. The van der Waals surface area contributed by atoms with E-state index < -0.39 is 5.66 Å². The average Bonchev–Trinajstić information content (AvgIpc) is 3.00. The normalized spacial score (nSPS) is 23.9. The van der Waals surface area contributed by atoms with Gasteiger partial charge in [-0.25, -0.2) is 0 Å². The molecular weight excluding hydrogens is 316 g/mol. The minimum atomic E-state index is -0.503. The van der Waals surface area contributed by atoms with Crippen molar-refractivity contribution in [3.63, 3.8) is 0 Å². The van der Waals surface area contributed by atoms with E-state index in [0.717, 1.165) is 34.3 Å². The monoisotopic (exact) mass is 328 g/mol. The zero-order valence-corrected chi connectivity index (χ0v) is 12.4. The first-order chi connectivity index (χ1) is 9.73. The van der Waals surface area contributed by atoms with Gasteiger partial charge in [-0.15, -0.1) is 0 Å². The fraction of sp³-hybridized carbons (Fsp3) is 0.188. The molecule has 2 aliphatic rings. The zero-order valence-electron chi connectivity index (χ0n) is 10.8. The molecule has 2 heterocycles. The molecule has 3 nitrogen and oxygen atoms in total. The van der Waals surface area contributed by atoms with Crippen LogP contribution in [0.5, 0.6) is 0 Å². The maximum absolute atomic E-state index is 12.6. The summed E-state index contributed by atoms with van der Waals surface area (Å²) < 4.78 is 1.02. The molecule has 0 spiro atoms. The molecule has 4 heteroatoms. The second kappa shape index (κ2) is 4.17. The highest BCUT2D eigenvalue weighted by Gasteiger charge is 2.53. The van der Waals surface area contributed by atoms with Gasteiger partial charge >= 0.3 is 0 Å². The largest absolute Gasteiger partial charge is 0.311 e. The van der Waals surface area contributed by atoms with Crippen molar-refractivity contribution in [3.05, 3.63) is 69.7 Å². The molecule has 1 atom stereocenters. The number of carbonyl (C=O) groups is 1. The highest BCUT2D eigenvalue weighted by molar-refractivity contribution is 9.10. The van der Waals surface area contributed by atoms with E-state index in [-0.39, 0.29) is 5.91 Å². The molecule has 1 unspecified atom stereocenters. The number of fused-ring (bicyclic) bond motifs is 3. The van der Waals surface area contributed by atoms with Gasteiger partial charge in [0.2, 0.25) is 0 Å². The van der Waals surface area contributed by atoms with Crippen molar-refractivity contribution in [1.29, 1.82) is 0 Å². The molecule has 100 valence electrons. The lowest BCUT2D eigenvalue weighted by molar-refractivity contribution is 0.0694. The lowest BCUT2D eigenvalue weighted by Crippen LogP contribution is -2.46. The van der Waals surface area contributed by atoms with Crippen molar-refractivity contribution < 1.29 is 4.79 Å². The lowest BCUT2D eigenvalue weighted by atomic mass is 9.91. The van der Waals surface area contributed by atoms with Crippen LogP contribution in [0.2, 0.25) is 0 Å². The van der Waals surface area contributed by atoms with Crippen LogP contribution in [0.1, 0.15) is 21.5 Å². The quantitative estimate of drug-likeness (QED) is 0.873. The van der Waals surface area contributed by atoms with Crippen LogP contribution in [0.15, 0.2) is 53.0 Å². The molecule has 0 radical (unpaired) electrons. The lowest BCUT2D eigenvalue weighted by Gasteiger charge is -2.33. The fourth-order valence-corrected chi connectivity index (χ4v) is 3.76. The molecule has 0 saturated carbocycles. The first-order valence-corrected chi connectivity index (χ1v) is 7.45. The Morgan fingerprint density at radius 1 is 1.15 bits per heavy atom. The average molecular weight is 329 g/mol. The van der Waals surface area contributed by atoms with Gasteiger partial charge in [0.15, 0.2) is 0 Å². The van der Waals surface area contributed by atoms with E-state index in [1.165, 1.54) is 0 Å². The maximum Gasteiger partial charge on any atom is 0.256 e.